The van der Waals surface area contributed by atoms with E-state index in [2.05, 4.69) is 34.3 Å². The zero-order valence-corrected chi connectivity index (χ0v) is 11.7. The smallest absolute Gasteiger partial charge is 0.125 e. The molecule has 2 heterocycles. The standard InChI is InChI=1S/C15H25N3/c1-3-13-5-4-9-18(10-8-13)12-14-6-7-15(16-2)17-11-14/h6-7,11,13H,3-5,8-10,12H2,1-2H3,(H,16,17). The molecule has 1 atom stereocenters. The third-order valence-corrected chi connectivity index (χ3v) is 4.00. The van der Waals surface area contributed by atoms with Gasteiger partial charge in [-0.1, -0.05) is 19.4 Å². The molecule has 0 radical (unpaired) electrons. The Morgan fingerprint density at radius 2 is 2.22 bits per heavy atom. The third kappa shape index (κ3) is 3.70. The van der Waals surface area contributed by atoms with Gasteiger partial charge in [-0.15, -0.1) is 0 Å². The zero-order chi connectivity index (χ0) is 12.8. The van der Waals surface area contributed by atoms with Gasteiger partial charge in [-0.25, -0.2) is 4.98 Å². The van der Waals surface area contributed by atoms with Crippen LogP contribution < -0.4 is 5.32 Å². The first-order valence-corrected chi connectivity index (χ1v) is 7.17. The van der Waals surface area contributed by atoms with E-state index in [0.717, 1.165) is 18.3 Å². The Labute approximate surface area is 111 Å². The van der Waals surface area contributed by atoms with Gasteiger partial charge in [-0.05, 0) is 49.9 Å². The molecule has 1 fully saturated rings. The summed E-state index contributed by atoms with van der Waals surface area (Å²) in [6.45, 7) is 5.85. The summed E-state index contributed by atoms with van der Waals surface area (Å²) < 4.78 is 0. The molecule has 1 aromatic heterocycles. The van der Waals surface area contributed by atoms with Crippen LogP contribution in [0.1, 0.15) is 38.2 Å². The Balaban J connectivity index is 1.88. The number of likely N-dealkylation sites (tertiary alicyclic amines) is 1. The second-order valence-electron chi connectivity index (χ2n) is 5.28. The Kier molecular flexibility index (Phi) is 5.00. The number of aromatic nitrogens is 1. The molecule has 3 heteroatoms. The normalized spacial score (nSPS) is 21.6. The molecule has 1 N–H and O–H groups in total. The van der Waals surface area contributed by atoms with Crippen molar-refractivity contribution in [2.75, 3.05) is 25.5 Å². The van der Waals surface area contributed by atoms with Crippen LogP contribution in [0.4, 0.5) is 5.82 Å². The maximum atomic E-state index is 4.38. The molecule has 3 nitrogen and oxygen atoms in total. The van der Waals surface area contributed by atoms with Crippen LogP contribution in [0.15, 0.2) is 18.3 Å². The van der Waals surface area contributed by atoms with E-state index in [1.807, 2.05) is 13.2 Å². The van der Waals surface area contributed by atoms with Gasteiger partial charge in [0.15, 0.2) is 0 Å². The Bertz CT molecular complexity index is 347. The lowest BCUT2D eigenvalue weighted by molar-refractivity contribution is 0.272. The molecule has 1 aliphatic rings. The average molecular weight is 247 g/mol. The van der Waals surface area contributed by atoms with Gasteiger partial charge in [0.1, 0.15) is 5.82 Å². The first-order valence-electron chi connectivity index (χ1n) is 7.17. The van der Waals surface area contributed by atoms with Crippen molar-refractivity contribution in [3.05, 3.63) is 23.9 Å². The fourth-order valence-electron chi connectivity index (χ4n) is 2.72. The molecule has 1 unspecified atom stereocenters. The maximum absolute atomic E-state index is 4.38. The van der Waals surface area contributed by atoms with Gasteiger partial charge in [-0.2, -0.15) is 0 Å². The predicted molar refractivity (Wildman–Crippen MR) is 76.7 cm³/mol. The van der Waals surface area contributed by atoms with Crippen molar-refractivity contribution in [1.82, 2.24) is 9.88 Å². The summed E-state index contributed by atoms with van der Waals surface area (Å²) in [6, 6.07) is 4.24. The molecule has 0 saturated carbocycles. The summed E-state index contributed by atoms with van der Waals surface area (Å²) in [5.41, 5.74) is 1.32. The number of anilines is 1. The Hall–Kier alpha value is -1.09. The molecule has 1 saturated heterocycles. The predicted octanol–water partition coefficient (Wildman–Crippen LogP) is 3.14. The van der Waals surface area contributed by atoms with E-state index in [1.54, 1.807) is 0 Å². The molecule has 1 aromatic rings. The van der Waals surface area contributed by atoms with Crippen molar-refractivity contribution >= 4 is 5.82 Å². The summed E-state index contributed by atoms with van der Waals surface area (Å²) in [4.78, 5) is 6.95. The van der Waals surface area contributed by atoms with Crippen molar-refractivity contribution in [1.29, 1.82) is 0 Å². The number of hydrogen-bond acceptors (Lipinski definition) is 3. The average Bonchev–Trinajstić information content (AvgIpc) is 2.65. The quantitative estimate of drug-likeness (QED) is 0.886. The molecule has 0 aromatic carbocycles. The van der Waals surface area contributed by atoms with Gasteiger partial charge < -0.3 is 5.32 Å². The minimum atomic E-state index is 0.944. The minimum absolute atomic E-state index is 0.944. The summed E-state index contributed by atoms with van der Waals surface area (Å²) >= 11 is 0. The van der Waals surface area contributed by atoms with Crippen molar-refractivity contribution in [3.63, 3.8) is 0 Å². The second-order valence-corrected chi connectivity index (χ2v) is 5.28. The zero-order valence-electron chi connectivity index (χ0n) is 11.7. The molecule has 2 rings (SSSR count). The van der Waals surface area contributed by atoms with E-state index < -0.39 is 0 Å². The molecule has 100 valence electrons. The van der Waals surface area contributed by atoms with Gasteiger partial charge in [0.25, 0.3) is 0 Å². The van der Waals surface area contributed by atoms with Crippen LogP contribution >= 0.6 is 0 Å². The van der Waals surface area contributed by atoms with Gasteiger partial charge in [0.2, 0.25) is 0 Å². The van der Waals surface area contributed by atoms with Crippen molar-refractivity contribution < 1.29 is 0 Å². The van der Waals surface area contributed by atoms with Gasteiger partial charge in [0.05, 0.1) is 0 Å². The number of nitrogens with one attached hydrogen (secondary N) is 1. The molecular weight excluding hydrogens is 222 g/mol. The molecule has 0 amide bonds. The van der Waals surface area contributed by atoms with Crippen LogP contribution in [0.25, 0.3) is 0 Å². The number of nitrogens with zero attached hydrogens (tertiary/aromatic N) is 2. The van der Waals surface area contributed by atoms with E-state index in [-0.39, 0.29) is 0 Å². The highest BCUT2D eigenvalue weighted by Crippen LogP contribution is 2.21. The van der Waals surface area contributed by atoms with E-state index >= 15 is 0 Å². The minimum Gasteiger partial charge on any atom is -0.373 e. The third-order valence-electron chi connectivity index (χ3n) is 4.00. The lowest BCUT2D eigenvalue weighted by Crippen LogP contribution is -2.24. The molecule has 0 bridgehead atoms. The Morgan fingerprint density at radius 3 is 2.89 bits per heavy atom. The van der Waals surface area contributed by atoms with Crippen molar-refractivity contribution in [2.24, 2.45) is 5.92 Å². The topological polar surface area (TPSA) is 28.2 Å². The van der Waals surface area contributed by atoms with Gasteiger partial charge in [0, 0.05) is 19.8 Å². The molecule has 18 heavy (non-hydrogen) atoms. The van der Waals surface area contributed by atoms with Crippen LogP contribution in [0, 0.1) is 5.92 Å². The summed E-state index contributed by atoms with van der Waals surface area (Å²) in [7, 11) is 1.90. The first kappa shape index (κ1) is 13.3. The summed E-state index contributed by atoms with van der Waals surface area (Å²) in [5, 5.41) is 3.06. The molecule has 0 aliphatic carbocycles. The van der Waals surface area contributed by atoms with E-state index in [4.69, 9.17) is 0 Å². The lowest BCUT2D eigenvalue weighted by atomic mass is 9.98. The van der Waals surface area contributed by atoms with E-state index in [0.29, 0.717) is 0 Å². The van der Waals surface area contributed by atoms with Crippen LogP contribution in [0.3, 0.4) is 0 Å². The number of pyridine rings is 1. The molecular formula is C15H25N3. The highest BCUT2D eigenvalue weighted by molar-refractivity contribution is 5.34. The fraction of sp³-hybridized carbons (Fsp3) is 0.667. The second kappa shape index (κ2) is 6.74. The van der Waals surface area contributed by atoms with Crippen LogP contribution in [0.2, 0.25) is 0 Å². The monoisotopic (exact) mass is 247 g/mol. The lowest BCUT2D eigenvalue weighted by Gasteiger charge is -2.20. The summed E-state index contributed by atoms with van der Waals surface area (Å²) in [5.74, 6) is 1.89. The van der Waals surface area contributed by atoms with Crippen LogP contribution in [0.5, 0.6) is 0 Å². The fourth-order valence-corrected chi connectivity index (χ4v) is 2.72. The van der Waals surface area contributed by atoms with E-state index in [9.17, 15) is 0 Å². The van der Waals surface area contributed by atoms with Crippen molar-refractivity contribution in [3.8, 4) is 0 Å². The van der Waals surface area contributed by atoms with Crippen LogP contribution in [-0.2, 0) is 6.54 Å². The molecule has 1 aliphatic heterocycles. The van der Waals surface area contributed by atoms with E-state index in [1.165, 1.54) is 44.3 Å². The van der Waals surface area contributed by atoms with Crippen LogP contribution in [-0.4, -0.2) is 30.0 Å². The van der Waals surface area contributed by atoms with Gasteiger partial charge in [-0.3, -0.25) is 4.90 Å². The Morgan fingerprint density at radius 1 is 1.33 bits per heavy atom. The largest absolute Gasteiger partial charge is 0.373 e. The van der Waals surface area contributed by atoms with Gasteiger partial charge >= 0.3 is 0 Å². The van der Waals surface area contributed by atoms with Crippen molar-refractivity contribution in [2.45, 2.75) is 39.2 Å². The number of hydrogen-bond donors (Lipinski definition) is 1. The highest BCUT2D eigenvalue weighted by atomic mass is 15.1. The summed E-state index contributed by atoms with van der Waals surface area (Å²) in [6.07, 6.45) is 7.45. The maximum Gasteiger partial charge on any atom is 0.125 e. The SMILES string of the molecule is CCC1CCCN(Cc2ccc(NC)nc2)CC1. The number of rotatable bonds is 4. The molecule has 0 spiro atoms. The first-order chi connectivity index (χ1) is 8.81. The highest BCUT2D eigenvalue weighted by Gasteiger charge is 2.15.